The lowest BCUT2D eigenvalue weighted by Gasteiger charge is -2.04. The molecule has 2 aromatic carbocycles. The Balaban J connectivity index is 1.64. The summed E-state index contributed by atoms with van der Waals surface area (Å²) in [5.74, 6) is -0.292. The Morgan fingerprint density at radius 1 is 1.12 bits per heavy atom. The van der Waals surface area contributed by atoms with Crippen LogP contribution in [-0.4, -0.2) is 26.1 Å². The molecule has 0 saturated carbocycles. The summed E-state index contributed by atoms with van der Waals surface area (Å²) in [6, 6.07) is 9.32. The topological polar surface area (TPSA) is 97.2 Å². The minimum absolute atomic E-state index is 0.114. The number of ether oxygens (including phenoxy) is 2. The number of nitrogens with zero attached hydrogens (tertiary/aromatic N) is 4. The SMILES string of the molecule is Cc1cc(Cn2nnn(-c3ccc4c(c3)OC(F)(F)O4)c2=O)ccc1N. The van der Waals surface area contributed by atoms with Gasteiger partial charge in [0.15, 0.2) is 11.5 Å². The molecule has 2 heterocycles. The standard InChI is InChI=1S/C16H13F2N5O3/c1-9-6-10(2-4-12(9)19)8-22-15(24)23(21-20-22)11-3-5-13-14(7-11)26-16(17,18)25-13/h2-7H,8,19H2,1H3. The fourth-order valence-electron chi connectivity index (χ4n) is 2.61. The van der Waals surface area contributed by atoms with Crippen molar-refractivity contribution in [2.45, 2.75) is 19.8 Å². The summed E-state index contributed by atoms with van der Waals surface area (Å²) in [5.41, 5.74) is 7.86. The van der Waals surface area contributed by atoms with Gasteiger partial charge in [0, 0.05) is 11.8 Å². The van der Waals surface area contributed by atoms with E-state index in [1.54, 1.807) is 12.1 Å². The van der Waals surface area contributed by atoms with Crippen LogP contribution in [0, 0.1) is 6.92 Å². The number of tetrazole rings is 1. The first-order valence-corrected chi connectivity index (χ1v) is 7.60. The normalized spacial score (nSPS) is 14.6. The minimum Gasteiger partial charge on any atom is -0.399 e. The summed E-state index contributed by atoms with van der Waals surface area (Å²) >= 11 is 0. The largest absolute Gasteiger partial charge is 0.586 e. The van der Waals surface area contributed by atoms with E-state index in [0.29, 0.717) is 5.69 Å². The second kappa shape index (κ2) is 5.55. The molecule has 0 spiro atoms. The van der Waals surface area contributed by atoms with Gasteiger partial charge in [-0.1, -0.05) is 12.1 Å². The van der Waals surface area contributed by atoms with Crippen LogP contribution in [0.4, 0.5) is 14.5 Å². The number of aromatic nitrogens is 4. The van der Waals surface area contributed by atoms with Crippen molar-refractivity contribution in [3.63, 3.8) is 0 Å². The monoisotopic (exact) mass is 361 g/mol. The Morgan fingerprint density at radius 2 is 1.88 bits per heavy atom. The lowest BCUT2D eigenvalue weighted by molar-refractivity contribution is -0.286. The van der Waals surface area contributed by atoms with Crippen molar-refractivity contribution in [1.29, 1.82) is 0 Å². The van der Waals surface area contributed by atoms with E-state index in [0.717, 1.165) is 20.5 Å². The summed E-state index contributed by atoms with van der Waals surface area (Å²) < 4.78 is 37.1. The van der Waals surface area contributed by atoms with E-state index in [-0.39, 0.29) is 23.7 Å². The molecule has 0 amide bonds. The first-order chi connectivity index (χ1) is 12.3. The smallest absolute Gasteiger partial charge is 0.399 e. The van der Waals surface area contributed by atoms with E-state index in [1.165, 1.54) is 18.2 Å². The van der Waals surface area contributed by atoms with Gasteiger partial charge in [-0.15, -0.1) is 8.78 Å². The van der Waals surface area contributed by atoms with Gasteiger partial charge in [0.05, 0.1) is 12.2 Å². The van der Waals surface area contributed by atoms with Crippen LogP contribution in [0.25, 0.3) is 5.69 Å². The van der Waals surface area contributed by atoms with Gasteiger partial charge in [0.2, 0.25) is 0 Å². The second-order valence-corrected chi connectivity index (χ2v) is 5.82. The number of nitrogens with two attached hydrogens (primary N) is 1. The van der Waals surface area contributed by atoms with E-state index in [1.807, 2.05) is 13.0 Å². The Kier molecular flexibility index (Phi) is 3.43. The number of rotatable bonds is 3. The predicted molar refractivity (Wildman–Crippen MR) is 86.5 cm³/mol. The van der Waals surface area contributed by atoms with E-state index in [4.69, 9.17) is 5.73 Å². The molecule has 0 aliphatic carbocycles. The van der Waals surface area contributed by atoms with Crippen molar-refractivity contribution in [1.82, 2.24) is 19.8 Å². The molecule has 1 aliphatic rings. The highest BCUT2D eigenvalue weighted by atomic mass is 19.3. The van der Waals surface area contributed by atoms with Gasteiger partial charge in [0.1, 0.15) is 0 Å². The Bertz CT molecular complexity index is 1060. The van der Waals surface area contributed by atoms with Crippen LogP contribution in [-0.2, 0) is 6.54 Å². The third-order valence-corrected chi connectivity index (χ3v) is 3.94. The van der Waals surface area contributed by atoms with Gasteiger partial charge in [-0.3, -0.25) is 0 Å². The van der Waals surface area contributed by atoms with Crippen molar-refractivity contribution < 1.29 is 18.3 Å². The molecule has 0 bridgehead atoms. The van der Waals surface area contributed by atoms with Crippen LogP contribution < -0.4 is 20.9 Å². The Hall–Kier alpha value is -3.43. The molecule has 2 N–H and O–H groups in total. The number of anilines is 1. The highest BCUT2D eigenvalue weighted by Crippen LogP contribution is 2.41. The number of nitrogen functional groups attached to an aromatic ring is 1. The third kappa shape index (κ3) is 2.75. The average Bonchev–Trinajstić information content (AvgIpc) is 3.08. The fraction of sp³-hybridized carbons (Fsp3) is 0.188. The molecular formula is C16H13F2N5O3. The molecule has 10 heteroatoms. The molecule has 134 valence electrons. The third-order valence-electron chi connectivity index (χ3n) is 3.94. The first kappa shape index (κ1) is 16.1. The predicted octanol–water partition coefficient (Wildman–Crippen LogP) is 1.69. The molecule has 0 saturated heterocycles. The molecule has 0 radical (unpaired) electrons. The highest BCUT2D eigenvalue weighted by Gasteiger charge is 2.43. The van der Waals surface area contributed by atoms with Crippen LogP contribution in [0.15, 0.2) is 41.2 Å². The molecule has 3 aromatic rings. The number of aryl methyl sites for hydroxylation is 1. The van der Waals surface area contributed by atoms with Crippen LogP contribution in [0.1, 0.15) is 11.1 Å². The summed E-state index contributed by atoms with van der Waals surface area (Å²) in [5, 5.41) is 7.62. The molecule has 1 aromatic heterocycles. The molecular weight excluding hydrogens is 348 g/mol. The van der Waals surface area contributed by atoms with Gasteiger partial charge in [-0.2, -0.15) is 9.36 Å². The highest BCUT2D eigenvalue weighted by molar-refractivity contribution is 5.50. The van der Waals surface area contributed by atoms with E-state index in [2.05, 4.69) is 19.9 Å². The lowest BCUT2D eigenvalue weighted by atomic mass is 10.1. The molecule has 0 atom stereocenters. The van der Waals surface area contributed by atoms with E-state index >= 15 is 0 Å². The van der Waals surface area contributed by atoms with Crippen LogP contribution in [0.5, 0.6) is 11.5 Å². The fourth-order valence-corrected chi connectivity index (χ4v) is 2.61. The van der Waals surface area contributed by atoms with Crippen molar-refractivity contribution in [2.75, 3.05) is 5.73 Å². The lowest BCUT2D eigenvalue weighted by Crippen LogP contribution is -2.26. The van der Waals surface area contributed by atoms with Crippen molar-refractivity contribution in [3.05, 3.63) is 58.0 Å². The Labute approximate surface area is 145 Å². The van der Waals surface area contributed by atoms with E-state index < -0.39 is 12.0 Å². The zero-order chi connectivity index (χ0) is 18.5. The summed E-state index contributed by atoms with van der Waals surface area (Å²) in [6.45, 7) is 2.06. The number of hydrogen-bond donors (Lipinski definition) is 1. The number of hydrogen-bond acceptors (Lipinski definition) is 6. The van der Waals surface area contributed by atoms with E-state index in [9.17, 15) is 13.6 Å². The van der Waals surface area contributed by atoms with Crippen LogP contribution in [0.2, 0.25) is 0 Å². The second-order valence-electron chi connectivity index (χ2n) is 5.82. The molecule has 1 aliphatic heterocycles. The first-order valence-electron chi connectivity index (χ1n) is 7.60. The summed E-state index contributed by atoms with van der Waals surface area (Å²) in [4.78, 5) is 12.5. The number of halogens is 2. The summed E-state index contributed by atoms with van der Waals surface area (Å²) in [6.07, 6.45) is -3.73. The maximum Gasteiger partial charge on any atom is 0.586 e. The number of benzene rings is 2. The molecule has 0 fully saturated rings. The van der Waals surface area contributed by atoms with Crippen molar-refractivity contribution in [2.24, 2.45) is 0 Å². The number of fused-ring (bicyclic) bond motifs is 1. The Morgan fingerprint density at radius 3 is 2.65 bits per heavy atom. The maximum absolute atomic E-state index is 13.1. The molecule has 0 unspecified atom stereocenters. The molecule has 26 heavy (non-hydrogen) atoms. The quantitative estimate of drug-likeness (QED) is 0.713. The average molecular weight is 361 g/mol. The number of alkyl halides is 2. The minimum atomic E-state index is -3.73. The van der Waals surface area contributed by atoms with Crippen LogP contribution in [0.3, 0.4) is 0 Å². The van der Waals surface area contributed by atoms with Crippen molar-refractivity contribution >= 4 is 5.69 Å². The summed E-state index contributed by atoms with van der Waals surface area (Å²) in [7, 11) is 0. The zero-order valence-corrected chi connectivity index (χ0v) is 13.5. The zero-order valence-electron chi connectivity index (χ0n) is 13.5. The van der Waals surface area contributed by atoms with Gasteiger partial charge < -0.3 is 15.2 Å². The van der Waals surface area contributed by atoms with Gasteiger partial charge in [0.25, 0.3) is 0 Å². The van der Waals surface area contributed by atoms with Gasteiger partial charge >= 0.3 is 12.0 Å². The molecule has 8 nitrogen and oxygen atoms in total. The molecule has 4 rings (SSSR count). The van der Waals surface area contributed by atoms with Gasteiger partial charge in [-0.25, -0.2) is 4.79 Å². The maximum atomic E-state index is 13.1. The van der Waals surface area contributed by atoms with Gasteiger partial charge in [-0.05, 0) is 46.7 Å². The van der Waals surface area contributed by atoms with Crippen LogP contribution >= 0.6 is 0 Å². The van der Waals surface area contributed by atoms with Crippen molar-refractivity contribution in [3.8, 4) is 17.2 Å².